The minimum absolute atomic E-state index is 0.824. The molecule has 0 fully saturated rings. The minimum atomic E-state index is 0.824. The lowest BCUT2D eigenvalue weighted by Crippen LogP contribution is -2.15. The van der Waals surface area contributed by atoms with Gasteiger partial charge >= 0.3 is 0 Å². The average Bonchev–Trinajstić information content (AvgIpc) is 3.50. The number of hydrogen-bond donors (Lipinski definition) is 0. The number of allylic oxidation sites excluding steroid dienone is 2. The van der Waals surface area contributed by atoms with Crippen molar-refractivity contribution in [3.8, 4) is 11.1 Å². The van der Waals surface area contributed by atoms with Crippen LogP contribution < -0.4 is 0 Å². The van der Waals surface area contributed by atoms with Crippen molar-refractivity contribution in [2.75, 3.05) is 0 Å². The normalized spacial score (nSPS) is 13.3. The Morgan fingerprint density at radius 3 is 1.79 bits per heavy atom. The zero-order valence-corrected chi connectivity index (χ0v) is 32.2. The first-order valence-electron chi connectivity index (χ1n) is 20.4. The van der Waals surface area contributed by atoms with E-state index in [1.165, 1.54) is 98.0 Å². The summed E-state index contributed by atoms with van der Waals surface area (Å²) in [7, 11) is 0. The molecule has 1 aliphatic rings. The molecule has 0 saturated heterocycles. The zero-order chi connectivity index (χ0) is 38.3. The first-order valence-corrected chi connectivity index (χ1v) is 20.4. The maximum Gasteiger partial charge on any atom is 0.146 e. The second kappa shape index (κ2) is 12.9. The molecule has 0 saturated carbocycles. The van der Waals surface area contributed by atoms with Gasteiger partial charge in [-0.05, 0) is 114 Å². The highest BCUT2D eigenvalue weighted by Gasteiger charge is 2.28. The summed E-state index contributed by atoms with van der Waals surface area (Å²) in [6.45, 7) is 2.31. The van der Waals surface area contributed by atoms with Crippen molar-refractivity contribution in [3.05, 3.63) is 205 Å². The molecule has 0 atom stereocenters. The van der Waals surface area contributed by atoms with Crippen LogP contribution in [0.3, 0.4) is 0 Å². The van der Waals surface area contributed by atoms with E-state index in [0.717, 1.165) is 35.4 Å². The van der Waals surface area contributed by atoms with Gasteiger partial charge < -0.3 is 0 Å². The molecule has 0 spiro atoms. The highest BCUT2D eigenvalue weighted by atomic mass is 15.1. The molecular weight excluding hydrogens is 701 g/mol. The molecule has 0 amide bonds. The molecule has 0 N–H and O–H groups in total. The van der Waals surface area contributed by atoms with Gasteiger partial charge in [0.05, 0.1) is 16.7 Å². The third-order valence-corrected chi connectivity index (χ3v) is 12.6. The molecule has 0 radical (unpaired) electrons. The summed E-state index contributed by atoms with van der Waals surface area (Å²) < 4.78 is 2.50. The summed E-state index contributed by atoms with van der Waals surface area (Å²) in [6.07, 6.45) is 1.72. The molecule has 11 aromatic rings. The number of benzene rings is 10. The van der Waals surface area contributed by atoms with Crippen molar-refractivity contribution in [1.82, 2.24) is 4.57 Å². The van der Waals surface area contributed by atoms with Crippen LogP contribution >= 0.6 is 0 Å². The van der Waals surface area contributed by atoms with Gasteiger partial charge in [0.1, 0.15) is 5.84 Å². The van der Waals surface area contributed by atoms with Gasteiger partial charge in [-0.15, -0.1) is 0 Å². The van der Waals surface area contributed by atoms with Gasteiger partial charge in [0, 0.05) is 21.7 Å². The Balaban J connectivity index is 1.27. The van der Waals surface area contributed by atoms with Crippen LogP contribution in [0.2, 0.25) is 0 Å². The standard InChI is InChI=1S/C56H38N2/c1-2-35-32-48-42-22-9-8-17-37(42)27-29-50(48)57-56(53(35)41-21-14-20-38(31-41)36-15-4-3-5-16-36)58-51-30-28-47-45-25-11-10-23-43(45)44-24-12-13-26-46(44)54(47)55(51)49-33-39-18-6-7-19-40(39)34-52(49)58/h3-31,33-34H,2,32H2,1H3. The summed E-state index contributed by atoms with van der Waals surface area (Å²) in [4.78, 5) is 5.88. The predicted molar refractivity (Wildman–Crippen MR) is 249 cm³/mol. The van der Waals surface area contributed by atoms with E-state index in [0.29, 0.717) is 0 Å². The van der Waals surface area contributed by atoms with Crippen LogP contribution in [0.15, 0.2) is 199 Å². The summed E-state index contributed by atoms with van der Waals surface area (Å²) >= 11 is 0. The molecular formula is C56H38N2. The molecule has 1 aliphatic heterocycles. The van der Waals surface area contributed by atoms with Gasteiger partial charge in [-0.25, -0.2) is 4.99 Å². The summed E-state index contributed by atoms with van der Waals surface area (Å²) in [5.41, 5.74) is 10.8. The molecule has 2 heteroatoms. The number of hydrogen-bond acceptors (Lipinski definition) is 1. The van der Waals surface area contributed by atoms with Crippen LogP contribution in [0.4, 0.5) is 5.69 Å². The first-order chi connectivity index (χ1) is 28.7. The molecule has 1 aromatic heterocycles. The Morgan fingerprint density at radius 1 is 0.431 bits per heavy atom. The third kappa shape index (κ3) is 4.88. The number of nitrogens with zero attached hydrogens (tertiary/aromatic N) is 2. The Morgan fingerprint density at radius 2 is 1.03 bits per heavy atom. The van der Waals surface area contributed by atoms with Crippen LogP contribution in [0.5, 0.6) is 0 Å². The molecule has 0 unspecified atom stereocenters. The Hall–Kier alpha value is -7.29. The second-order valence-corrected chi connectivity index (χ2v) is 15.7. The van der Waals surface area contributed by atoms with Crippen LogP contribution in [0, 0.1) is 0 Å². The number of rotatable bonds is 3. The van der Waals surface area contributed by atoms with E-state index in [9.17, 15) is 0 Å². The largest absolute Gasteiger partial charge is 0.293 e. The fourth-order valence-electron chi connectivity index (χ4n) is 9.94. The lowest BCUT2D eigenvalue weighted by Gasteiger charge is -2.19. The van der Waals surface area contributed by atoms with Crippen LogP contribution in [0.1, 0.15) is 24.5 Å². The summed E-state index contributed by atoms with van der Waals surface area (Å²) in [5.74, 6) is 0.968. The molecule has 12 rings (SSSR count). The van der Waals surface area contributed by atoms with Gasteiger partial charge in [-0.1, -0.05) is 170 Å². The van der Waals surface area contributed by atoms with E-state index < -0.39 is 0 Å². The van der Waals surface area contributed by atoms with Gasteiger partial charge in [-0.2, -0.15) is 0 Å². The topological polar surface area (TPSA) is 17.3 Å². The molecule has 2 heterocycles. The molecule has 0 aliphatic carbocycles. The fraction of sp³-hybridized carbons (Fsp3) is 0.0536. The number of fused-ring (bicyclic) bond motifs is 14. The lowest BCUT2D eigenvalue weighted by atomic mass is 9.90. The van der Waals surface area contributed by atoms with E-state index in [-0.39, 0.29) is 0 Å². The third-order valence-electron chi connectivity index (χ3n) is 12.6. The molecule has 0 bridgehead atoms. The maximum absolute atomic E-state index is 5.88. The van der Waals surface area contributed by atoms with Gasteiger partial charge in [0.25, 0.3) is 0 Å². The van der Waals surface area contributed by atoms with Gasteiger partial charge in [0.2, 0.25) is 0 Å². The number of aromatic nitrogens is 1. The molecule has 2 nitrogen and oxygen atoms in total. The maximum atomic E-state index is 5.88. The summed E-state index contributed by atoms with van der Waals surface area (Å²) in [6, 6.07) is 69.3. The van der Waals surface area contributed by atoms with Crippen molar-refractivity contribution in [1.29, 1.82) is 0 Å². The van der Waals surface area contributed by atoms with E-state index in [1.54, 1.807) is 0 Å². The Bertz CT molecular complexity index is 3530. The highest BCUT2D eigenvalue weighted by Crippen LogP contribution is 2.46. The smallest absolute Gasteiger partial charge is 0.146 e. The van der Waals surface area contributed by atoms with E-state index in [4.69, 9.17) is 4.99 Å². The van der Waals surface area contributed by atoms with E-state index >= 15 is 0 Å². The Labute approximate surface area is 336 Å². The van der Waals surface area contributed by atoms with E-state index in [2.05, 4.69) is 200 Å². The fourth-order valence-corrected chi connectivity index (χ4v) is 9.94. The SMILES string of the molecule is CCC1=C(c2cccc(-c3ccccc3)c2)C(n2c3cc4ccccc4cc3c3c4c5ccccc5c5ccccc5c4ccc32)=Nc2ccc3ccccc3c2C1. The Kier molecular flexibility index (Phi) is 7.30. The zero-order valence-electron chi connectivity index (χ0n) is 32.2. The molecule has 272 valence electrons. The first kappa shape index (κ1) is 32.9. The van der Waals surface area contributed by atoms with Gasteiger partial charge in [-0.3, -0.25) is 4.57 Å². The molecule has 10 aromatic carbocycles. The second-order valence-electron chi connectivity index (χ2n) is 15.7. The quantitative estimate of drug-likeness (QED) is 0.161. The monoisotopic (exact) mass is 738 g/mol. The average molecular weight is 739 g/mol. The lowest BCUT2D eigenvalue weighted by molar-refractivity contribution is 1.02. The van der Waals surface area contributed by atoms with Crippen molar-refractivity contribution in [3.63, 3.8) is 0 Å². The van der Waals surface area contributed by atoms with Crippen molar-refractivity contribution in [2.24, 2.45) is 4.99 Å². The summed E-state index contributed by atoms with van der Waals surface area (Å²) in [5, 5.41) is 15.1. The number of aliphatic imine (C=N–C) groups is 1. The minimum Gasteiger partial charge on any atom is -0.293 e. The van der Waals surface area contributed by atoms with Crippen LogP contribution in [-0.4, -0.2) is 10.4 Å². The van der Waals surface area contributed by atoms with Crippen molar-refractivity contribution >= 4 is 92.8 Å². The van der Waals surface area contributed by atoms with Gasteiger partial charge in [0.15, 0.2) is 0 Å². The van der Waals surface area contributed by atoms with Crippen molar-refractivity contribution in [2.45, 2.75) is 19.8 Å². The van der Waals surface area contributed by atoms with Crippen LogP contribution in [-0.2, 0) is 6.42 Å². The van der Waals surface area contributed by atoms with Crippen molar-refractivity contribution < 1.29 is 0 Å². The predicted octanol–water partition coefficient (Wildman–Crippen LogP) is 15.2. The highest BCUT2D eigenvalue weighted by molar-refractivity contribution is 6.39. The molecule has 58 heavy (non-hydrogen) atoms. The van der Waals surface area contributed by atoms with Crippen LogP contribution in [0.25, 0.3) is 92.4 Å². The van der Waals surface area contributed by atoms with E-state index in [1.807, 2.05) is 0 Å².